The first-order valence-corrected chi connectivity index (χ1v) is 8.84. The number of rotatable bonds is 4. The molecule has 3 rings (SSSR count). The first-order valence-electron chi connectivity index (χ1n) is 8.84. The summed E-state index contributed by atoms with van der Waals surface area (Å²) in [6.45, 7) is 4.87. The molecule has 136 valence electrons. The summed E-state index contributed by atoms with van der Waals surface area (Å²) in [5.74, 6) is -0.627. The summed E-state index contributed by atoms with van der Waals surface area (Å²) in [4.78, 5) is 26.7. The Balaban J connectivity index is 2.01. The zero-order chi connectivity index (χ0) is 18.7. The van der Waals surface area contributed by atoms with E-state index in [1.165, 1.54) is 0 Å². The summed E-state index contributed by atoms with van der Waals surface area (Å²) in [5, 5.41) is 9.70. The molecular weight excluding hydrogens is 330 g/mol. The van der Waals surface area contributed by atoms with E-state index in [1.54, 1.807) is 30.0 Å². The van der Waals surface area contributed by atoms with E-state index < -0.39 is 12.1 Å². The van der Waals surface area contributed by atoms with Crippen LogP contribution in [0.5, 0.6) is 0 Å². The highest BCUT2D eigenvalue weighted by Gasteiger charge is 2.26. The Morgan fingerprint density at radius 3 is 2.42 bits per heavy atom. The van der Waals surface area contributed by atoms with Crippen LogP contribution in [0.25, 0.3) is 11.1 Å². The average molecular weight is 353 g/mol. The molecule has 2 aromatic carbocycles. The number of aliphatic hydroxyl groups is 1. The second-order valence-corrected chi connectivity index (χ2v) is 6.58. The molecule has 0 aromatic heterocycles. The molecule has 1 aliphatic rings. The predicted molar refractivity (Wildman–Crippen MR) is 99.1 cm³/mol. The van der Waals surface area contributed by atoms with Crippen molar-refractivity contribution in [2.24, 2.45) is 0 Å². The van der Waals surface area contributed by atoms with E-state index >= 15 is 0 Å². The molecule has 0 saturated carbocycles. The van der Waals surface area contributed by atoms with Crippen molar-refractivity contribution in [1.82, 2.24) is 4.90 Å². The Morgan fingerprint density at radius 2 is 1.81 bits per heavy atom. The van der Waals surface area contributed by atoms with Crippen LogP contribution in [0.2, 0.25) is 0 Å². The smallest absolute Gasteiger partial charge is 0.338 e. The van der Waals surface area contributed by atoms with Gasteiger partial charge in [0.05, 0.1) is 18.3 Å². The molecule has 0 radical (unpaired) electrons. The first kappa shape index (κ1) is 18.1. The highest BCUT2D eigenvalue weighted by Crippen LogP contribution is 2.25. The predicted octanol–water partition coefficient (Wildman–Crippen LogP) is 3.05. The fraction of sp³-hybridized carbons (Fsp3) is 0.333. The monoisotopic (exact) mass is 353 g/mol. The van der Waals surface area contributed by atoms with Crippen molar-refractivity contribution >= 4 is 11.9 Å². The number of benzene rings is 2. The number of amides is 1. The lowest BCUT2D eigenvalue weighted by Crippen LogP contribution is -2.29. The summed E-state index contributed by atoms with van der Waals surface area (Å²) < 4.78 is 5.11. The number of esters is 1. The molecule has 1 atom stereocenters. The summed E-state index contributed by atoms with van der Waals surface area (Å²) in [6.07, 6.45) is 0.0949. The zero-order valence-electron chi connectivity index (χ0n) is 15.1. The third-order valence-corrected chi connectivity index (χ3v) is 4.53. The molecule has 0 bridgehead atoms. The van der Waals surface area contributed by atoms with Gasteiger partial charge >= 0.3 is 5.97 Å². The van der Waals surface area contributed by atoms with Crippen molar-refractivity contribution in [1.29, 1.82) is 0 Å². The van der Waals surface area contributed by atoms with Gasteiger partial charge in [-0.15, -0.1) is 0 Å². The van der Waals surface area contributed by atoms with E-state index in [2.05, 4.69) is 0 Å². The summed E-state index contributed by atoms with van der Waals surface area (Å²) >= 11 is 0. The molecule has 1 heterocycles. The van der Waals surface area contributed by atoms with Gasteiger partial charge in [0.1, 0.15) is 0 Å². The molecule has 1 N–H and O–H groups in total. The van der Waals surface area contributed by atoms with Gasteiger partial charge in [0.25, 0.3) is 5.91 Å². The second-order valence-electron chi connectivity index (χ2n) is 6.58. The number of ether oxygens (including phenoxy) is 1. The largest absolute Gasteiger partial charge is 0.462 e. The van der Waals surface area contributed by atoms with Crippen molar-refractivity contribution in [3.63, 3.8) is 0 Å². The molecule has 1 saturated heterocycles. The summed E-state index contributed by atoms with van der Waals surface area (Å²) in [6, 6.07) is 13.0. The van der Waals surface area contributed by atoms with Crippen molar-refractivity contribution < 1.29 is 19.4 Å². The lowest BCUT2D eigenvalue weighted by atomic mass is 9.98. The van der Waals surface area contributed by atoms with Crippen LogP contribution in [0.1, 0.15) is 39.6 Å². The molecule has 1 unspecified atom stereocenters. The lowest BCUT2D eigenvalue weighted by Gasteiger charge is -2.17. The maximum absolute atomic E-state index is 12.8. The van der Waals surface area contributed by atoms with Gasteiger partial charge in [0.15, 0.2) is 0 Å². The van der Waals surface area contributed by atoms with Crippen LogP contribution in [0.3, 0.4) is 0 Å². The van der Waals surface area contributed by atoms with Gasteiger partial charge in [0.2, 0.25) is 0 Å². The van der Waals surface area contributed by atoms with Gasteiger partial charge in [-0.05, 0) is 49.6 Å². The van der Waals surface area contributed by atoms with Crippen LogP contribution in [-0.2, 0) is 4.74 Å². The molecule has 5 heteroatoms. The molecule has 1 fully saturated rings. The molecule has 5 nitrogen and oxygen atoms in total. The average Bonchev–Trinajstić information content (AvgIpc) is 3.08. The highest BCUT2D eigenvalue weighted by atomic mass is 16.5. The lowest BCUT2D eigenvalue weighted by molar-refractivity contribution is 0.0526. The van der Waals surface area contributed by atoms with Crippen molar-refractivity contribution in [3.05, 3.63) is 59.2 Å². The van der Waals surface area contributed by atoms with Gasteiger partial charge < -0.3 is 14.7 Å². The molecule has 1 aliphatic heterocycles. The van der Waals surface area contributed by atoms with Crippen molar-refractivity contribution in [2.45, 2.75) is 26.4 Å². The van der Waals surface area contributed by atoms with E-state index in [-0.39, 0.29) is 12.5 Å². The quantitative estimate of drug-likeness (QED) is 0.858. The van der Waals surface area contributed by atoms with E-state index in [0.29, 0.717) is 30.6 Å². The zero-order valence-corrected chi connectivity index (χ0v) is 15.1. The summed E-state index contributed by atoms with van der Waals surface area (Å²) in [5.41, 5.74) is 3.64. The Kier molecular flexibility index (Phi) is 5.38. The molecule has 0 spiro atoms. The number of hydrogen-bond donors (Lipinski definition) is 1. The molecule has 26 heavy (non-hydrogen) atoms. The molecule has 0 aliphatic carbocycles. The van der Waals surface area contributed by atoms with Crippen LogP contribution in [0, 0.1) is 6.92 Å². The topological polar surface area (TPSA) is 66.8 Å². The van der Waals surface area contributed by atoms with Crippen LogP contribution in [-0.4, -0.2) is 47.7 Å². The third kappa shape index (κ3) is 3.94. The fourth-order valence-corrected chi connectivity index (χ4v) is 3.10. The van der Waals surface area contributed by atoms with Gasteiger partial charge in [-0.2, -0.15) is 0 Å². The van der Waals surface area contributed by atoms with Crippen LogP contribution >= 0.6 is 0 Å². The Hall–Kier alpha value is -2.66. The SMILES string of the molecule is CCOC(=O)c1cc(C(=O)N2CCC(O)C2)cc(-c2ccc(C)cc2)c1. The molecule has 2 aromatic rings. The third-order valence-electron chi connectivity index (χ3n) is 4.53. The van der Waals surface area contributed by atoms with E-state index in [9.17, 15) is 14.7 Å². The molecule has 1 amide bonds. The maximum Gasteiger partial charge on any atom is 0.338 e. The van der Waals surface area contributed by atoms with Crippen LogP contribution in [0.4, 0.5) is 0 Å². The fourth-order valence-electron chi connectivity index (χ4n) is 3.10. The van der Waals surface area contributed by atoms with E-state index in [1.807, 2.05) is 31.2 Å². The highest BCUT2D eigenvalue weighted by molar-refractivity contribution is 6.00. The first-order chi connectivity index (χ1) is 12.5. The minimum absolute atomic E-state index is 0.180. The van der Waals surface area contributed by atoms with Gasteiger partial charge in [-0.1, -0.05) is 29.8 Å². The number of aryl methyl sites for hydroxylation is 1. The maximum atomic E-state index is 12.8. The van der Waals surface area contributed by atoms with E-state index in [0.717, 1.165) is 16.7 Å². The van der Waals surface area contributed by atoms with Crippen molar-refractivity contribution in [2.75, 3.05) is 19.7 Å². The number of carbonyl (C=O) groups is 2. The number of likely N-dealkylation sites (tertiary alicyclic amines) is 1. The van der Waals surface area contributed by atoms with Gasteiger partial charge in [0, 0.05) is 18.7 Å². The number of nitrogens with zero attached hydrogens (tertiary/aromatic N) is 1. The summed E-state index contributed by atoms with van der Waals surface area (Å²) in [7, 11) is 0. The standard InChI is InChI=1S/C21H23NO4/c1-3-26-21(25)18-11-16(15-6-4-14(2)5-7-15)10-17(12-18)20(24)22-9-8-19(23)13-22/h4-7,10-12,19,23H,3,8-9,13H2,1-2H3. The Labute approximate surface area is 153 Å². The number of β-amino-alcohol motifs (C(OH)–C–C–N with tert-alkyl or cyclic N) is 1. The van der Waals surface area contributed by atoms with Gasteiger partial charge in [-0.25, -0.2) is 4.79 Å². The number of aliphatic hydroxyl groups excluding tert-OH is 1. The number of carbonyl (C=O) groups excluding carboxylic acids is 2. The second kappa shape index (κ2) is 7.70. The van der Waals surface area contributed by atoms with Crippen molar-refractivity contribution in [3.8, 4) is 11.1 Å². The minimum Gasteiger partial charge on any atom is -0.462 e. The van der Waals surface area contributed by atoms with Crippen LogP contribution < -0.4 is 0 Å². The Bertz CT molecular complexity index is 813. The van der Waals surface area contributed by atoms with E-state index in [4.69, 9.17) is 4.74 Å². The molecular formula is C21H23NO4. The van der Waals surface area contributed by atoms with Crippen LogP contribution in [0.15, 0.2) is 42.5 Å². The number of hydrogen-bond acceptors (Lipinski definition) is 4. The normalized spacial score (nSPS) is 16.6. The Morgan fingerprint density at radius 1 is 1.12 bits per heavy atom. The van der Waals surface area contributed by atoms with Gasteiger partial charge in [-0.3, -0.25) is 4.79 Å². The minimum atomic E-state index is -0.483.